The molecule has 0 amide bonds. The third kappa shape index (κ3) is 5.75. The Balaban J connectivity index is 1.79. The molecule has 0 unspecified atom stereocenters. The number of hydrogen-bond acceptors (Lipinski definition) is 9. The van der Waals surface area contributed by atoms with Crippen molar-refractivity contribution in [2.24, 2.45) is 0 Å². The lowest BCUT2D eigenvalue weighted by atomic mass is 10.5. The van der Waals surface area contributed by atoms with Crippen LogP contribution in [0.25, 0.3) is 0 Å². The molecule has 0 N–H and O–H groups in total. The van der Waals surface area contributed by atoms with Crippen LogP contribution in [0.5, 0.6) is 0 Å². The summed E-state index contributed by atoms with van der Waals surface area (Å²) < 4.78 is 7.19. The van der Waals surface area contributed by atoms with Crippen molar-refractivity contribution in [3.63, 3.8) is 0 Å². The lowest BCUT2D eigenvalue weighted by molar-refractivity contribution is -0.114. The second-order valence-electron chi connectivity index (χ2n) is 3.83. The van der Waals surface area contributed by atoms with E-state index in [1.165, 1.54) is 16.9 Å². The maximum absolute atomic E-state index is 12.1. The Morgan fingerprint density at radius 2 is 1.18 bits per heavy atom. The summed E-state index contributed by atoms with van der Waals surface area (Å²) >= 11 is 13.5. The molecule has 0 saturated heterocycles. The maximum atomic E-state index is 12.1. The molecule has 0 aromatic carbocycles. The second kappa shape index (κ2) is 9.79. The normalized spacial score (nSPS) is 18.8. The average Bonchev–Trinajstić information content (AvgIpc) is 3.04. The Bertz CT molecular complexity index is 514. The molecular formula is C13H14OS8. The fourth-order valence-electron chi connectivity index (χ4n) is 1.38. The van der Waals surface area contributed by atoms with E-state index >= 15 is 0 Å². The summed E-state index contributed by atoms with van der Waals surface area (Å²) in [6.07, 6.45) is 4.13. The van der Waals surface area contributed by atoms with Gasteiger partial charge in [-0.3, -0.25) is 4.79 Å². The van der Waals surface area contributed by atoms with Crippen LogP contribution in [0.1, 0.15) is 0 Å². The molecule has 1 nitrogen and oxygen atoms in total. The zero-order valence-electron chi connectivity index (χ0n) is 12.0. The number of hydrogen-bond donors (Lipinski definition) is 0. The highest BCUT2D eigenvalue weighted by Crippen LogP contribution is 2.57. The van der Waals surface area contributed by atoms with Crippen LogP contribution in [0.2, 0.25) is 0 Å². The van der Waals surface area contributed by atoms with Gasteiger partial charge >= 0.3 is 0 Å². The van der Waals surface area contributed by atoms with E-state index in [-0.39, 0.29) is 5.78 Å². The first-order chi connectivity index (χ1) is 10.5. The summed E-state index contributed by atoms with van der Waals surface area (Å²) in [5.74, 6) is 1.35. The quantitative estimate of drug-likeness (QED) is 0.395. The van der Waals surface area contributed by atoms with E-state index in [9.17, 15) is 4.79 Å². The lowest BCUT2D eigenvalue weighted by Gasteiger charge is -2.04. The summed E-state index contributed by atoms with van der Waals surface area (Å²) in [6.45, 7) is 7.98. The van der Waals surface area contributed by atoms with Gasteiger partial charge in [-0.05, 0) is 12.5 Å². The van der Waals surface area contributed by atoms with Crippen molar-refractivity contribution in [2.75, 3.05) is 24.0 Å². The number of carbonyl (C=O) groups is 1. The van der Waals surface area contributed by atoms with E-state index in [2.05, 4.69) is 25.7 Å². The minimum absolute atomic E-state index is 0.280. The summed E-state index contributed by atoms with van der Waals surface area (Å²) in [5, 5.41) is 0. The van der Waals surface area contributed by atoms with Gasteiger partial charge in [-0.2, -0.15) is 0 Å². The third-order valence-electron chi connectivity index (χ3n) is 2.26. The molecule has 9 heteroatoms. The molecule has 2 aliphatic heterocycles. The monoisotopic (exact) mass is 442 g/mol. The van der Waals surface area contributed by atoms with Gasteiger partial charge in [0, 0.05) is 8.47 Å². The van der Waals surface area contributed by atoms with Crippen LogP contribution in [0.3, 0.4) is 0 Å². The molecule has 22 heavy (non-hydrogen) atoms. The zero-order valence-corrected chi connectivity index (χ0v) is 18.5. The highest BCUT2D eigenvalue weighted by Gasteiger charge is 2.22. The molecule has 0 bridgehead atoms. The molecule has 0 aromatic heterocycles. The van der Waals surface area contributed by atoms with Crippen LogP contribution in [0, 0.1) is 0 Å². The summed E-state index contributed by atoms with van der Waals surface area (Å²) in [4.78, 5) is 12.1. The molecule has 0 radical (unpaired) electrons. The predicted octanol–water partition coefficient (Wildman–Crippen LogP) is 6.90. The van der Waals surface area contributed by atoms with Gasteiger partial charge in [0.1, 0.15) is 0 Å². The molecule has 2 heterocycles. The maximum Gasteiger partial charge on any atom is 0.153 e. The van der Waals surface area contributed by atoms with Gasteiger partial charge in [0.2, 0.25) is 0 Å². The summed E-state index contributed by atoms with van der Waals surface area (Å²) in [7, 11) is 0. The second-order valence-corrected chi connectivity index (χ2v) is 13.4. The van der Waals surface area contributed by atoms with Gasteiger partial charge in [-0.1, -0.05) is 60.2 Å². The number of ketones is 1. The van der Waals surface area contributed by atoms with E-state index in [1.54, 1.807) is 94.1 Å². The van der Waals surface area contributed by atoms with Gasteiger partial charge in [0.05, 0.1) is 28.5 Å². The Hall–Kier alpha value is 1.43. The Morgan fingerprint density at radius 3 is 1.55 bits per heavy atom. The van der Waals surface area contributed by atoms with Crippen LogP contribution < -0.4 is 0 Å². The van der Waals surface area contributed by atoms with E-state index in [4.69, 9.17) is 0 Å². The number of carbonyl (C=O) groups excluding carboxylic acids is 1. The molecule has 2 rings (SSSR count). The summed E-state index contributed by atoms with van der Waals surface area (Å²) in [5.41, 5.74) is 0. The first-order valence-corrected chi connectivity index (χ1v) is 13.6. The Labute approximate surface area is 165 Å². The van der Waals surface area contributed by atoms with Crippen molar-refractivity contribution >= 4 is 99.9 Å². The van der Waals surface area contributed by atoms with Crippen molar-refractivity contribution < 1.29 is 4.79 Å². The minimum atomic E-state index is 0.280. The number of Topliss-reactive ketones (excluding diaryl/α,β-unsaturated/α-hetero) is 1. The van der Waals surface area contributed by atoms with Gasteiger partial charge in [-0.25, -0.2) is 0 Å². The van der Waals surface area contributed by atoms with E-state index < -0.39 is 0 Å². The van der Waals surface area contributed by atoms with Gasteiger partial charge in [-0.15, -0.1) is 47.0 Å². The van der Waals surface area contributed by atoms with E-state index in [0.29, 0.717) is 11.5 Å². The molecule has 0 fully saturated rings. The van der Waals surface area contributed by atoms with Crippen LogP contribution in [-0.2, 0) is 4.79 Å². The van der Waals surface area contributed by atoms with Crippen LogP contribution >= 0.6 is 94.1 Å². The average molecular weight is 443 g/mol. The SMILES string of the molecule is C=C1SC(SC)=C(SCC(=O)CSC2=C(SC)SC(=C)S2)S1. The van der Waals surface area contributed by atoms with Crippen molar-refractivity contribution in [1.82, 2.24) is 0 Å². The van der Waals surface area contributed by atoms with Crippen LogP contribution in [0.4, 0.5) is 0 Å². The largest absolute Gasteiger partial charge is 0.298 e. The van der Waals surface area contributed by atoms with Gasteiger partial charge < -0.3 is 0 Å². The van der Waals surface area contributed by atoms with Crippen molar-refractivity contribution in [1.29, 1.82) is 0 Å². The highest BCUT2D eigenvalue weighted by atomic mass is 32.3. The highest BCUT2D eigenvalue weighted by molar-refractivity contribution is 8.41. The number of thioether (sulfide) groups is 8. The molecule has 0 atom stereocenters. The van der Waals surface area contributed by atoms with Crippen molar-refractivity contribution in [3.05, 3.63) is 38.6 Å². The third-order valence-corrected chi connectivity index (χ3v) is 12.5. The minimum Gasteiger partial charge on any atom is -0.298 e. The molecule has 0 spiro atoms. The fourth-order valence-corrected chi connectivity index (χ4v) is 11.4. The fraction of sp³-hybridized carbons (Fsp3) is 0.308. The van der Waals surface area contributed by atoms with Crippen LogP contribution in [-0.4, -0.2) is 29.8 Å². The molecule has 0 saturated carbocycles. The molecule has 2 aliphatic rings. The van der Waals surface area contributed by atoms with E-state index in [1.807, 2.05) is 0 Å². The lowest BCUT2D eigenvalue weighted by Crippen LogP contribution is -2.04. The molecule has 0 aliphatic carbocycles. The predicted molar refractivity (Wildman–Crippen MR) is 120 cm³/mol. The number of rotatable bonds is 8. The smallest absolute Gasteiger partial charge is 0.153 e. The van der Waals surface area contributed by atoms with Crippen molar-refractivity contribution in [2.45, 2.75) is 0 Å². The van der Waals surface area contributed by atoms with Crippen molar-refractivity contribution in [3.8, 4) is 0 Å². The van der Waals surface area contributed by atoms with Gasteiger partial charge in [0.15, 0.2) is 5.78 Å². The van der Waals surface area contributed by atoms with E-state index in [0.717, 1.165) is 8.47 Å². The summed E-state index contributed by atoms with van der Waals surface area (Å²) in [6, 6.07) is 0. The Morgan fingerprint density at radius 1 is 0.818 bits per heavy atom. The topological polar surface area (TPSA) is 17.1 Å². The zero-order chi connectivity index (χ0) is 16.1. The first-order valence-electron chi connectivity index (χ1n) is 5.96. The molecular weight excluding hydrogens is 429 g/mol. The van der Waals surface area contributed by atoms with Crippen LogP contribution in [0.15, 0.2) is 38.6 Å². The first kappa shape index (κ1) is 19.8. The molecule has 0 aromatic rings. The molecule has 120 valence electrons. The Kier molecular flexibility index (Phi) is 8.79. The van der Waals surface area contributed by atoms with Gasteiger partial charge in [0.25, 0.3) is 0 Å². The standard InChI is InChI=1S/C13H14OS8/c1-7-19-10(15-3)12(21-7)17-5-9(14)6-18-13-11(16-4)20-8(2)22-13/h1-2,5-6H2,3-4H3.